The van der Waals surface area contributed by atoms with Gasteiger partial charge in [0.15, 0.2) is 0 Å². The van der Waals surface area contributed by atoms with E-state index in [9.17, 15) is 4.79 Å². The standard InChI is InChI=1S/C11H12OS/c1-10(12)6-3-2-4-7-11-8-5-9-13-11/h5,8-9H,2-3,6H2,1H3. The summed E-state index contributed by atoms with van der Waals surface area (Å²) < 4.78 is 0. The smallest absolute Gasteiger partial charge is 0.129 e. The van der Waals surface area contributed by atoms with Crippen LogP contribution in [-0.4, -0.2) is 5.78 Å². The molecule has 1 rings (SSSR count). The largest absolute Gasteiger partial charge is 0.300 e. The maximum Gasteiger partial charge on any atom is 0.129 e. The molecule has 0 amide bonds. The molecule has 1 nitrogen and oxygen atoms in total. The molecular formula is C11H12OS. The van der Waals surface area contributed by atoms with Gasteiger partial charge in [0.25, 0.3) is 0 Å². The van der Waals surface area contributed by atoms with Crippen molar-refractivity contribution in [2.24, 2.45) is 0 Å². The molecule has 2 heteroatoms. The molecule has 0 aliphatic heterocycles. The van der Waals surface area contributed by atoms with E-state index in [2.05, 4.69) is 11.8 Å². The lowest BCUT2D eigenvalue weighted by molar-refractivity contribution is -0.117. The first-order valence-corrected chi connectivity index (χ1v) is 5.19. The van der Waals surface area contributed by atoms with E-state index in [1.807, 2.05) is 17.5 Å². The average Bonchev–Trinajstić information content (AvgIpc) is 2.55. The van der Waals surface area contributed by atoms with Crippen molar-refractivity contribution in [3.8, 4) is 11.8 Å². The molecule has 0 aliphatic rings. The van der Waals surface area contributed by atoms with Gasteiger partial charge in [0.1, 0.15) is 5.78 Å². The van der Waals surface area contributed by atoms with Crippen molar-refractivity contribution in [3.63, 3.8) is 0 Å². The van der Waals surface area contributed by atoms with Gasteiger partial charge in [-0.3, -0.25) is 0 Å². The average molecular weight is 192 g/mol. The Hall–Kier alpha value is -1.07. The van der Waals surface area contributed by atoms with Gasteiger partial charge in [-0.15, -0.1) is 11.3 Å². The topological polar surface area (TPSA) is 17.1 Å². The molecule has 0 saturated heterocycles. The van der Waals surface area contributed by atoms with Gasteiger partial charge in [0.05, 0.1) is 4.88 Å². The van der Waals surface area contributed by atoms with Crippen LogP contribution in [0.4, 0.5) is 0 Å². The molecule has 0 spiro atoms. The number of ketones is 1. The van der Waals surface area contributed by atoms with Crippen LogP contribution in [0.5, 0.6) is 0 Å². The second-order valence-electron chi connectivity index (χ2n) is 2.83. The van der Waals surface area contributed by atoms with Gasteiger partial charge in [-0.05, 0) is 24.8 Å². The van der Waals surface area contributed by atoms with Crippen LogP contribution in [0, 0.1) is 11.8 Å². The van der Waals surface area contributed by atoms with E-state index in [4.69, 9.17) is 0 Å². The van der Waals surface area contributed by atoms with Gasteiger partial charge in [0.2, 0.25) is 0 Å². The maximum atomic E-state index is 10.6. The molecule has 1 heterocycles. The number of hydrogen-bond acceptors (Lipinski definition) is 2. The van der Waals surface area contributed by atoms with Crippen LogP contribution >= 0.6 is 11.3 Å². The molecule has 68 valence electrons. The molecule has 13 heavy (non-hydrogen) atoms. The van der Waals surface area contributed by atoms with Crippen LogP contribution in [0.15, 0.2) is 17.5 Å². The Labute approximate surface area is 82.8 Å². The second kappa shape index (κ2) is 5.55. The zero-order valence-corrected chi connectivity index (χ0v) is 8.49. The molecule has 0 unspecified atom stereocenters. The highest BCUT2D eigenvalue weighted by atomic mass is 32.1. The third-order valence-electron chi connectivity index (χ3n) is 1.56. The summed E-state index contributed by atoms with van der Waals surface area (Å²) >= 11 is 1.65. The minimum atomic E-state index is 0.248. The first kappa shape index (κ1) is 10.0. The molecule has 0 radical (unpaired) electrons. The van der Waals surface area contributed by atoms with E-state index in [-0.39, 0.29) is 5.78 Å². The molecule has 1 aromatic heterocycles. The first-order chi connectivity index (χ1) is 6.29. The summed E-state index contributed by atoms with van der Waals surface area (Å²) in [4.78, 5) is 11.7. The van der Waals surface area contributed by atoms with Crippen molar-refractivity contribution >= 4 is 17.1 Å². The van der Waals surface area contributed by atoms with E-state index in [0.29, 0.717) is 6.42 Å². The van der Waals surface area contributed by atoms with E-state index in [1.165, 1.54) is 0 Å². The second-order valence-corrected chi connectivity index (χ2v) is 3.78. The monoisotopic (exact) mass is 192 g/mol. The Kier molecular flexibility index (Phi) is 4.28. The van der Waals surface area contributed by atoms with Crippen molar-refractivity contribution < 1.29 is 4.79 Å². The van der Waals surface area contributed by atoms with Crippen LogP contribution in [0.2, 0.25) is 0 Å². The number of unbranched alkanes of at least 4 members (excludes halogenated alkanes) is 1. The van der Waals surface area contributed by atoms with Crippen LogP contribution < -0.4 is 0 Å². The van der Waals surface area contributed by atoms with Crippen LogP contribution in [-0.2, 0) is 4.79 Å². The van der Waals surface area contributed by atoms with Crippen molar-refractivity contribution in [1.82, 2.24) is 0 Å². The van der Waals surface area contributed by atoms with Crippen molar-refractivity contribution in [2.45, 2.75) is 26.2 Å². The summed E-state index contributed by atoms with van der Waals surface area (Å²) in [5, 5.41) is 2.01. The minimum Gasteiger partial charge on any atom is -0.300 e. The number of rotatable bonds is 3. The fourth-order valence-corrected chi connectivity index (χ4v) is 1.52. The Balaban J connectivity index is 2.22. The number of thiophene rings is 1. The molecule has 0 saturated carbocycles. The van der Waals surface area contributed by atoms with E-state index >= 15 is 0 Å². The van der Waals surface area contributed by atoms with E-state index in [0.717, 1.165) is 17.7 Å². The molecule has 0 atom stereocenters. The number of hydrogen-bond donors (Lipinski definition) is 0. The van der Waals surface area contributed by atoms with E-state index in [1.54, 1.807) is 18.3 Å². The summed E-state index contributed by atoms with van der Waals surface area (Å²) in [5.74, 6) is 6.36. The maximum absolute atomic E-state index is 10.6. The third kappa shape index (κ3) is 4.49. The highest BCUT2D eigenvalue weighted by Gasteiger charge is 1.90. The Bertz CT molecular complexity index is 314. The highest BCUT2D eigenvalue weighted by molar-refractivity contribution is 7.10. The van der Waals surface area contributed by atoms with Crippen LogP contribution in [0.1, 0.15) is 31.1 Å². The van der Waals surface area contributed by atoms with Gasteiger partial charge in [-0.25, -0.2) is 0 Å². The summed E-state index contributed by atoms with van der Waals surface area (Å²) in [7, 11) is 0. The molecule has 0 aliphatic carbocycles. The van der Waals surface area contributed by atoms with Crippen LogP contribution in [0.3, 0.4) is 0 Å². The number of carbonyl (C=O) groups is 1. The SMILES string of the molecule is CC(=O)CCCC#Cc1cccs1. The summed E-state index contributed by atoms with van der Waals surface area (Å²) in [6.07, 6.45) is 2.35. The van der Waals surface area contributed by atoms with Crippen molar-refractivity contribution in [2.75, 3.05) is 0 Å². The summed E-state index contributed by atoms with van der Waals surface area (Å²) in [6, 6.07) is 3.99. The predicted octanol–water partition coefficient (Wildman–Crippen LogP) is 2.86. The Morgan fingerprint density at radius 1 is 1.62 bits per heavy atom. The fraction of sp³-hybridized carbons (Fsp3) is 0.364. The Morgan fingerprint density at radius 3 is 3.08 bits per heavy atom. The minimum absolute atomic E-state index is 0.248. The Morgan fingerprint density at radius 2 is 2.46 bits per heavy atom. The lowest BCUT2D eigenvalue weighted by Gasteiger charge is -1.87. The predicted molar refractivity (Wildman–Crippen MR) is 55.7 cm³/mol. The number of carbonyl (C=O) groups excluding carboxylic acids is 1. The molecule has 1 aromatic rings. The third-order valence-corrected chi connectivity index (χ3v) is 2.35. The lowest BCUT2D eigenvalue weighted by atomic mass is 10.2. The van der Waals surface area contributed by atoms with Gasteiger partial charge in [-0.1, -0.05) is 17.9 Å². The van der Waals surface area contributed by atoms with Crippen molar-refractivity contribution in [1.29, 1.82) is 0 Å². The van der Waals surface area contributed by atoms with Gasteiger partial charge in [-0.2, -0.15) is 0 Å². The quantitative estimate of drug-likeness (QED) is 0.531. The molecular weight excluding hydrogens is 180 g/mol. The first-order valence-electron chi connectivity index (χ1n) is 4.31. The van der Waals surface area contributed by atoms with Crippen molar-refractivity contribution in [3.05, 3.63) is 22.4 Å². The van der Waals surface area contributed by atoms with Gasteiger partial charge in [0, 0.05) is 12.8 Å². The molecule has 0 N–H and O–H groups in total. The summed E-state index contributed by atoms with van der Waals surface area (Å²) in [5.41, 5.74) is 0. The van der Waals surface area contributed by atoms with Gasteiger partial charge >= 0.3 is 0 Å². The lowest BCUT2D eigenvalue weighted by Crippen LogP contribution is -1.87. The zero-order chi connectivity index (χ0) is 9.52. The highest BCUT2D eigenvalue weighted by Crippen LogP contribution is 2.05. The number of Topliss-reactive ketones (excluding diaryl/α,β-unsaturated/α-hetero) is 1. The van der Waals surface area contributed by atoms with Gasteiger partial charge < -0.3 is 4.79 Å². The fourth-order valence-electron chi connectivity index (χ4n) is 0.925. The molecule has 0 fully saturated rings. The summed E-state index contributed by atoms with van der Waals surface area (Å²) in [6.45, 7) is 1.62. The normalized spacial score (nSPS) is 9.00. The molecule has 0 bridgehead atoms. The van der Waals surface area contributed by atoms with E-state index < -0.39 is 0 Å². The van der Waals surface area contributed by atoms with Crippen LogP contribution in [0.25, 0.3) is 0 Å². The zero-order valence-electron chi connectivity index (χ0n) is 7.67. The molecule has 0 aromatic carbocycles.